The molecule has 1 aromatic carbocycles. The van der Waals surface area contributed by atoms with Crippen LogP contribution < -0.4 is 5.32 Å². The predicted octanol–water partition coefficient (Wildman–Crippen LogP) is 3.91. The molecule has 1 N–H and O–H groups in total. The van der Waals surface area contributed by atoms with Crippen LogP contribution in [0.1, 0.15) is 16.7 Å². The molecular weight excluding hydrogens is 304 g/mol. The monoisotopic (exact) mass is 320 g/mol. The second-order valence-corrected chi connectivity index (χ2v) is 5.14. The number of anilines is 1. The van der Waals surface area contributed by atoms with E-state index in [1.807, 2.05) is 25.3 Å². The van der Waals surface area contributed by atoms with Gasteiger partial charge in [0.25, 0.3) is 0 Å². The SMILES string of the molecule is COCc1ccccc1CNc1cnc(Br)c(C)c1. The van der Waals surface area contributed by atoms with E-state index < -0.39 is 0 Å². The summed E-state index contributed by atoms with van der Waals surface area (Å²) in [5, 5.41) is 3.39. The minimum absolute atomic E-state index is 0.634. The van der Waals surface area contributed by atoms with Gasteiger partial charge in [0.1, 0.15) is 4.60 Å². The Morgan fingerprint density at radius 1 is 1.26 bits per heavy atom. The third kappa shape index (κ3) is 3.78. The molecule has 1 heterocycles. The summed E-state index contributed by atoms with van der Waals surface area (Å²) in [5.41, 5.74) is 4.59. The first-order valence-electron chi connectivity index (χ1n) is 6.12. The lowest BCUT2D eigenvalue weighted by atomic mass is 10.1. The van der Waals surface area contributed by atoms with Gasteiger partial charge in [-0.15, -0.1) is 0 Å². The molecule has 0 saturated heterocycles. The van der Waals surface area contributed by atoms with Crippen molar-refractivity contribution in [3.8, 4) is 0 Å². The number of aryl methyl sites for hydroxylation is 1. The quantitative estimate of drug-likeness (QED) is 0.848. The third-order valence-electron chi connectivity index (χ3n) is 2.92. The average molecular weight is 321 g/mol. The van der Waals surface area contributed by atoms with Crippen LogP contribution in [-0.4, -0.2) is 12.1 Å². The van der Waals surface area contributed by atoms with Gasteiger partial charge < -0.3 is 10.1 Å². The Kier molecular flexibility index (Phi) is 4.93. The van der Waals surface area contributed by atoms with Crippen LogP contribution >= 0.6 is 15.9 Å². The maximum absolute atomic E-state index is 5.21. The van der Waals surface area contributed by atoms with Crippen LogP contribution in [-0.2, 0) is 17.9 Å². The van der Waals surface area contributed by atoms with E-state index in [2.05, 4.69) is 44.4 Å². The first kappa shape index (κ1) is 14.0. The van der Waals surface area contributed by atoms with E-state index in [1.165, 1.54) is 11.1 Å². The minimum atomic E-state index is 0.634. The Bertz CT molecular complexity index is 558. The average Bonchev–Trinajstić information content (AvgIpc) is 2.42. The van der Waals surface area contributed by atoms with Gasteiger partial charge >= 0.3 is 0 Å². The summed E-state index contributed by atoms with van der Waals surface area (Å²) in [6.07, 6.45) is 1.83. The van der Waals surface area contributed by atoms with E-state index in [1.54, 1.807) is 7.11 Å². The van der Waals surface area contributed by atoms with Gasteiger partial charge in [0.2, 0.25) is 0 Å². The molecule has 0 aliphatic rings. The van der Waals surface area contributed by atoms with Crippen molar-refractivity contribution in [3.05, 3.63) is 57.8 Å². The number of nitrogens with one attached hydrogen (secondary N) is 1. The fraction of sp³-hybridized carbons (Fsp3) is 0.267. The van der Waals surface area contributed by atoms with Gasteiger partial charge in [-0.2, -0.15) is 0 Å². The van der Waals surface area contributed by atoms with Gasteiger partial charge in [-0.1, -0.05) is 24.3 Å². The molecule has 0 amide bonds. The molecule has 0 aliphatic heterocycles. The molecule has 2 aromatic rings. The summed E-state index contributed by atoms with van der Waals surface area (Å²) in [6, 6.07) is 10.4. The highest BCUT2D eigenvalue weighted by Crippen LogP contribution is 2.18. The van der Waals surface area contributed by atoms with Crippen molar-refractivity contribution in [3.63, 3.8) is 0 Å². The maximum atomic E-state index is 5.21. The molecule has 0 fully saturated rings. The van der Waals surface area contributed by atoms with Gasteiger partial charge in [0.15, 0.2) is 0 Å². The molecule has 2 rings (SSSR count). The maximum Gasteiger partial charge on any atom is 0.109 e. The fourth-order valence-electron chi connectivity index (χ4n) is 1.88. The molecular formula is C15H17BrN2O. The highest BCUT2D eigenvalue weighted by atomic mass is 79.9. The van der Waals surface area contributed by atoms with Gasteiger partial charge in [-0.25, -0.2) is 4.98 Å². The standard InChI is InChI=1S/C15H17BrN2O/c1-11-7-14(9-18-15(11)16)17-8-12-5-3-4-6-13(12)10-19-2/h3-7,9,17H,8,10H2,1-2H3. The Morgan fingerprint density at radius 2 is 2.00 bits per heavy atom. The molecule has 0 spiro atoms. The van der Waals surface area contributed by atoms with E-state index in [0.29, 0.717) is 6.61 Å². The molecule has 3 nitrogen and oxygen atoms in total. The van der Waals surface area contributed by atoms with Crippen LogP contribution in [0.5, 0.6) is 0 Å². The summed E-state index contributed by atoms with van der Waals surface area (Å²) < 4.78 is 6.10. The molecule has 0 atom stereocenters. The summed E-state index contributed by atoms with van der Waals surface area (Å²) in [6.45, 7) is 3.43. The van der Waals surface area contributed by atoms with Crippen molar-refractivity contribution >= 4 is 21.6 Å². The highest BCUT2D eigenvalue weighted by Gasteiger charge is 2.02. The van der Waals surface area contributed by atoms with Gasteiger partial charge in [-0.3, -0.25) is 0 Å². The van der Waals surface area contributed by atoms with Crippen molar-refractivity contribution in [1.82, 2.24) is 4.98 Å². The smallest absolute Gasteiger partial charge is 0.109 e. The van der Waals surface area contributed by atoms with Crippen LogP contribution in [0, 0.1) is 6.92 Å². The third-order valence-corrected chi connectivity index (χ3v) is 3.75. The molecule has 1 aromatic heterocycles. The molecule has 0 aliphatic carbocycles. The van der Waals surface area contributed by atoms with E-state index in [0.717, 1.165) is 22.4 Å². The lowest BCUT2D eigenvalue weighted by Crippen LogP contribution is -2.04. The second-order valence-electron chi connectivity index (χ2n) is 4.39. The molecule has 0 unspecified atom stereocenters. The van der Waals surface area contributed by atoms with Crippen LogP contribution in [0.2, 0.25) is 0 Å². The Morgan fingerprint density at radius 3 is 2.68 bits per heavy atom. The van der Waals surface area contributed by atoms with Crippen molar-refractivity contribution < 1.29 is 4.74 Å². The lowest BCUT2D eigenvalue weighted by molar-refractivity contribution is 0.184. The first-order valence-corrected chi connectivity index (χ1v) is 6.91. The number of methoxy groups -OCH3 is 1. The normalized spacial score (nSPS) is 10.5. The van der Waals surface area contributed by atoms with E-state index >= 15 is 0 Å². The summed E-state index contributed by atoms with van der Waals surface area (Å²) in [7, 11) is 1.71. The van der Waals surface area contributed by atoms with Crippen molar-refractivity contribution in [2.45, 2.75) is 20.1 Å². The molecule has 4 heteroatoms. The zero-order valence-corrected chi connectivity index (χ0v) is 12.7. The number of ether oxygens (including phenoxy) is 1. The molecule has 19 heavy (non-hydrogen) atoms. The zero-order chi connectivity index (χ0) is 13.7. The lowest BCUT2D eigenvalue weighted by Gasteiger charge is -2.11. The Labute approximate surface area is 122 Å². The number of hydrogen-bond donors (Lipinski definition) is 1. The van der Waals surface area contributed by atoms with Gasteiger partial charge in [-0.05, 0) is 45.6 Å². The van der Waals surface area contributed by atoms with Crippen molar-refractivity contribution in [1.29, 1.82) is 0 Å². The molecule has 100 valence electrons. The summed E-state index contributed by atoms with van der Waals surface area (Å²) in [5.74, 6) is 0. The number of benzene rings is 1. The molecule has 0 radical (unpaired) electrons. The number of nitrogens with zero attached hydrogens (tertiary/aromatic N) is 1. The van der Waals surface area contributed by atoms with E-state index in [4.69, 9.17) is 4.74 Å². The van der Waals surface area contributed by atoms with Crippen LogP contribution in [0.15, 0.2) is 41.1 Å². The van der Waals surface area contributed by atoms with E-state index in [9.17, 15) is 0 Å². The Hall–Kier alpha value is -1.39. The topological polar surface area (TPSA) is 34.1 Å². The highest BCUT2D eigenvalue weighted by molar-refractivity contribution is 9.10. The number of rotatable bonds is 5. The Balaban J connectivity index is 2.07. The number of aromatic nitrogens is 1. The van der Waals surface area contributed by atoms with Gasteiger partial charge in [0, 0.05) is 13.7 Å². The number of halogens is 1. The second kappa shape index (κ2) is 6.68. The number of hydrogen-bond acceptors (Lipinski definition) is 3. The largest absolute Gasteiger partial charge is 0.380 e. The minimum Gasteiger partial charge on any atom is -0.380 e. The summed E-state index contributed by atoms with van der Waals surface area (Å²) >= 11 is 3.40. The summed E-state index contributed by atoms with van der Waals surface area (Å²) in [4.78, 5) is 4.28. The van der Waals surface area contributed by atoms with Crippen LogP contribution in [0.25, 0.3) is 0 Å². The van der Waals surface area contributed by atoms with Crippen LogP contribution in [0.3, 0.4) is 0 Å². The van der Waals surface area contributed by atoms with E-state index in [-0.39, 0.29) is 0 Å². The fourth-order valence-corrected chi connectivity index (χ4v) is 2.10. The first-order chi connectivity index (χ1) is 9.20. The van der Waals surface area contributed by atoms with Crippen molar-refractivity contribution in [2.75, 3.05) is 12.4 Å². The van der Waals surface area contributed by atoms with Crippen molar-refractivity contribution in [2.24, 2.45) is 0 Å². The molecule has 0 bridgehead atoms. The van der Waals surface area contributed by atoms with Gasteiger partial charge in [0.05, 0.1) is 18.5 Å². The molecule has 0 saturated carbocycles. The zero-order valence-electron chi connectivity index (χ0n) is 11.1. The predicted molar refractivity (Wildman–Crippen MR) is 81.2 cm³/mol. The number of pyridine rings is 1. The van der Waals surface area contributed by atoms with Crippen LogP contribution in [0.4, 0.5) is 5.69 Å².